The first kappa shape index (κ1) is 66.6. The number of ether oxygens (including phenoxy) is 1. The Balaban J connectivity index is 0.781. The molecule has 0 fully saturated rings. The van der Waals surface area contributed by atoms with Gasteiger partial charge in [0.15, 0.2) is 11.6 Å². The van der Waals surface area contributed by atoms with E-state index < -0.39 is 0 Å². The molecular formula is C106H70O3. The lowest BCUT2D eigenvalue weighted by Crippen LogP contribution is -2.02. The van der Waals surface area contributed by atoms with Crippen molar-refractivity contribution in [3.8, 4) is 101 Å². The third-order valence-electron chi connectivity index (χ3n) is 20.9. The van der Waals surface area contributed by atoms with Gasteiger partial charge in [-0.2, -0.15) is 0 Å². The number of hydrogen-bond acceptors (Lipinski definition) is 3. The van der Waals surface area contributed by atoms with Crippen molar-refractivity contribution in [2.45, 2.75) is 0 Å². The Morgan fingerprint density at radius 1 is 0.119 bits per heavy atom. The van der Waals surface area contributed by atoms with Crippen molar-refractivity contribution in [1.82, 2.24) is 0 Å². The molecule has 16 aromatic rings. The second-order valence-corrected chi connectivity index (χ2v) is 27.6. The Kier molecular flexibility index (Phi) is 18.1. The quantitative estimate of drug-likeness (QED) is 0.0860. The highest BCUT2D eigenvalue weighted by Crippen LogP contribution is 2.54. The van der Waals surface area contributed by atoms with Crippen LogP contribution in [0.15, 0.2) is 425 Å². The van der Waals surface area contributed by atoms with Crippen LogP contribution in [0, 0.1) is 0 Å². The van der Waals surface area contributed by atoms with Crippen molar-refractivity contribution < 1.29 is 14.3 Å². The molecule has 0 heterocycles. The van der Waals surface area contributed by atoms with Crippen LogP contribution in [0.4, 0.5) is 0 Å². The highest BCUT2D eigenvalue weighted by molar-refractivity contribution is 6.60. The van der Waals surface area contributed by atoms with Gasteiger partial charge < -0.3 is 4.74 Å². The van der Waals surface area contributed by atoms with Gasteiger partial charge in [0, 0.05) is 44.6 Å². The number of Topliss-reactive ketones (excluding diaryl/α,β-unsaturated/α-hetero) is 2. The van der Waals surface area contributed by atoms with Crippen molar-refractivity contribution in [3.05, 3.63) is 469 Å². The fourth-order valence-corrected chi connectivity index (χ4v) is 15.5. The third-order valence-corrected chi connectivity index (χ3v) is 20.9. The Hall–Kier alpha value is -14.4. The summed E-state index contributed by atoms with van der Waals surface area (Å²) in [5.74, 6) is 1.10. The van der Waals surface area contributed by atoms with E-state index in [9.17, 15) is 0 Å². The molecule has 18 rings (SSSR count). The maximum absolute atomic E-state index is 16.3. The lowest BCUT2D eigenvalue weighted by atomic mass is 9.86. The van der Waals surface area contributed by atoms with E-state index in [1.807, 2.05) is 72.8 Å². The van der Waals surface area contributed by atoms with E-state index in [1.54, 1.807) is 0 Å². The van der Waals surface area contributed by atoms with Crippen LogP contribution in [0.5, 0.6) is 11.5 Å². The van der Waals surface area contributed by atoms with Crippen molar-refractivity contribution in [2.75, 3.05) is 0 Å². The van der Waals surface area contributed by atoms with Gasteiger partial charge in [0.25, 0.3) is 0 Å². The molecule has 0 saturated heterocycles. The maximum atomic E-state index is 16.3. The van der Waals surface area contributed by atoms with Gasteiger partial charge in [0.1, 0.15) is 11.5 Å². The molecular weight excluding hydrogens is 1320 g/mol. The summed E-state index contributed by atoms with van der Waals surface area (Å²) in [6.07, 6.45) is 0. The second kappa shape index (κ2) is 29.6. The molecule has 0 radical (unpaired) electrons. The van der Waals surface area contributed by atoms with Crippen molar-refractivity contribution in [1.29, 1.82) is 0 Å². The summed E-state index contributed by atoms with van der Waals surface area (Å²) in [6, 6.07) is 147. The molecule has 0 amide bonds. The van der Waals surface area contributed by atoms with Crippen LogP contribution in [-0.2, 0) is 9.59 Å². The van der Waals surface area contributed by atoms with Crippen LogP contribution < -0.4 is 4.74 Å². The van der Waals surface area contributed by atoms with Gasteiger partial charge in [-0.05, 0) is 194 Å². The first-order chi connectivity index (χ1) is 53.9. The Labute approximate surface area is 636 Å². The van der Waals surface area contributed by atoms with Gasteiger partial charge in [0.05, 0.1) is 0 Å². The Bertz CT molecular complexity index is 5670. The van der Waals surface area contributed by atoms with E-state index in [1.165, 1.54) is 0 Å². The Morgan fingerprint density at radius 3 is 0.459 bits per heavy atom. The maximum Gasteiger partial charge on any atom is 0.195 e. The zero-order valence-corrected chi connectivity index (χ0v) is 59.6. The number of ketones is 2. The van der Waals surface area contributed by atoms with E-state index in [4.69, 9.17) is 4.74 Å². The second-order valence-electron chi connectivity index (χ2n) is 27.6. The van der Waals surface area contributed by atoms with Crippen molar-refractivity contribution >= 4 is 56.2 Å². The largest absolute Gasteiger partial charge is 0.457 e. The SMILES string of the molecule is O=C1C(c2ccc(-c3ccccc3)cc2)=C(c2ccc(Oc3ccc(C4=C(c5ccc(-c6ccccc6)cc5)C(=O)C(c5ccc(-c6ccccc6)cc5)=C4c4cc(-c5ccccc5)cc(-c5ccccc5)c4)cc3)cc2)C(c2cc(-c3ccccc3)cc(-c3ccccc3)c2)=C1c1ccc(-c2ccccc2)cc1. The molecule has 3 heteroatoms. The number of hydrogen-bond donors (Lipinski definition) is 0. The third kappa shape index (κ3) is 13.5. The molecule has 0 aromatic heterocycles. The molecule has 0 bridgehead atoms. The number of carbonyl (C=O) groups is 2. The first-order valence-corrected chi connectivity index (χ1v) is 37.0. The number of allylic oxidation sites excluding steroid dienone is 8. The van der Waals surface area contributed by atoms with Crippen LogP contribution in [0.25, 0.3) is 134 Å². The van der Waals surface area contributed by atoms with Gasteiger partial charge in [-0.1, -0.05) is 364 Å². The molecule has 16 aromatic carbocycles. The standard InChI is InChI=1S/C106H70O3/c107-105-101(85-49-41-79(42-50-85)71-25-9-1-10-26-71)97(99(103(105)87-53-45-81(46-54-87)73-29-13-3-14-30-73)93-67-89(75-33-17-5-18-34-75)65-90(68-93)76-35-19-6-20-36-76)83-57-61-95(62-58-83)109-96-63-59-84(60-64-96)98-100(94-69-91(77-37-21-7-22-38-77)66-92(70-94)78-39-23-8-24-40-78)104(88-55-47-82(48-56-88)74-31-15-4-16-32-74)106(108)102(98)86-51-43-80(44-52-86)72-27-11-2-12-28-72/h1-70H. The normalized spacial score (nSPS) is 12.8. The summed E-state index contributed by atoms with van der Waals surface area (Å²) in [5.41, 5.74) is 29.6. The fraction of sp³-hybridized carbons (Fsp3) is 0. The predicted octanol–water partition coefficient (Wildman–Crippen LogP) is 27.0. The van der Waals surface area contributed by atoms with Crippen LogP contribution in [0.2, 0.25) is 0 Å². The lowest BCUT2D eigenvalue weighted by Gasteiger charge is -2.18. The average molecular weight is 1390 g/mol. The zero-order chi connectivity index (χ0) is 73.0. The van der Waals surface area contributed by atoms with E-state index in [-0.39, 0.29) is 11.6 Å². The molecule has 0 unspecified atom stereocenters. The lowest BCUT2D eigenvalue weighted by molar-refractivity contribution is -0.109. The molecule has 0 saturated carbocycles. The molecule has 3 nitrogen and oxygen atoms in total. The first-order valence-electron chi connectivity index (χ1n) is 37.0. The molecule has 0 atom stereocenters. The summed E-state index contributed by atoms with van der Waals surface area (Å²) in [6.45, 7) is 0. The molecule has 512 valence electrons. The van der Waals surface area contributed by atoms with E-state index in [0.29, 0.717) is 33.8 Å². The van der Waals surface area contributed by atoms with E-state index in [2.05, 4.69) is 352 Å². The van der Waals surface area contributed by atoms with Crippen molar-refractivity contribution in [2.24, 2.45) is 0 Å². The van der Waals surface area contributed by atoms with Gasteiger partial charge in [0.2, 0.25) is 0 Å². The summed E-state index contributed by atoms with van der Waals surface area (Å²) >= 11 is 0. The summed E-state index contributed by atoms with van der Waals surface area (Å²) in [7, 11) is 0. The molecule has 2 aliphatic carbocycles. The predicted molar refractivity (Wildman–Crippen MR) is 452 cm³/mol. The van der Waals surface area contributed by atoms with Gasteiger partial charge in [-0.25, -0.2) is 0 Å². The average Bonchev–Trinajstić information content (AvgIpc) is 1.59. The molecule has 0 aliphatic heterocycles. The van der Waals surface area contributed by atoms with Gasteiger partial charge in [-0.15, -0.1) is 0 Å². The van der Waals surface area contributed by atoms with Crippen LogP contribution in [0.3, 0.4) is 0 Å². The highest BCUT2D eigenvalue weighted by Gasteiger charge is 2.38. The molecule has 2 aliphatic rings. The summed E-state index contributed by atoms with van der Waals surface area (Å²) < 4.78 is 6.96. The number of carbonyl (C=O) groups excluding carboxylic acids is 2. The number of benzene rings is 16. The van der Waals surface area contributed by atoms with Crippen LogP contribution >= 0.6 is 0 Å². The minimum absolute atomic E-state index is 0.0604. The minimum atomic E-state index is -0.0604. The van der Waals surface area contributed by atoms with Gasteiger partial charge in [-0.3, -0.25) is 9.59 Å². The number of rotatable bonds is 18. The van der Waals surface area contributed by atoms with Gasteiger partial charge >= 0.3 is 0 Å². The molecule has 109 heavy (non-hydrogen) atoms. The highest BCUT2D eigenvalue weighted by atomic mass is 16.5. The summed E-state index contributed by atoms with van der Waals surface area (Å²) in [4.78, 5) is 32.7. The monoisotopic (exact) mass is 1390 g/mol. The smallest absolute Gasteiger partial charge is 0.195 e. The van der Waals surface area contributed by atoms with Crippen LogP contribution in [-0.4, -0.2) is 11.6 Å². The topological polar surface area (TPSA) is 43.4 Å². The zero-order valence-electron chi connectivity index (χ0n) is 59.6. The molecule has 0 N–H and O–H groups in total. The van der Waals surface area contributed by atoms with E-state index in [0.717, 1.165) is 156 Å². The van der Waals surface area contributed by atoms with E-state index >= 15 is 9.59 Å². The van der Waals surface area contributed by atoms with Crippen molar-refractivity contribution in [3.63, 3.8) is 0 Å². The Morgan fingerprint density at radius 2 is 0.257 bits per heavy atom. The summed E-state index contributed by atoms with van der Waals surface area (Å²) in [5, 5.41) is 0. The minimum Gasteiger partial charge on any atom is -0.457 e. The van der Waals surface area contributed by atoms with Crippen LogP contribution in [0.1, 0.15) is 44.5 Å². The fourth-order valence-electron chi connectivity index (χ4n) is 15.5. The molecule has 0 spiro atoms.